The SMILES string of the molecule is CN=C(N(C)C)N1CCC(c2cnn(C)c2)C1. The van der Waals surface area contributed by atoms with Gasteiger partial charge in [-0.1, -0.05) is 0 Å². The summed E-state index contributed by atoms with van der Waals surface area (Å²) in [6, 6.07) is 0. The first kappa shape index (κ1) is 12.0. The number of likely N-dealkylation sites (tertiary alicyclic amines) is 1. The van der Waals surface area contributed by atoms with Crippen LogP contribution in [0.4, 0.5) is 0 Å². The van der Waals surface area contributed by atoms with Crippen molar-refractivity contribution in [2.75, 3.05) is 34.2 Å². The van der Waals surface area contributed by atoms with Crippen molar-refractivity contribution in [3.63, 3.8) is 0 Å². The van der Waals surface area contributed by atoms with Gasteiger partial charge in [0.1, 0.15) is 0 Å². The minimum Gasteiger partial charge on any atom is -0.349 e. The summed E-state index contributed by atoms with van der Waals surface area (Å²) >= 11 is 0. The summed E-state index contributed by atoms with van der Waals surface area (Å²) in [5, 5.41) is 4.24. The number of aliphatic imine (C=N–C) groups is 1. The Morgan fingerprint density at radius 1 is 1.53 bits per heavy atom. The maximum atomic E-state index is 4.35. The van der Waals surface area contributed by atoms with Gasteiger partial charge in [0, 0.05) is 53.4 Å². The number of hydrogen-bond donors (Lipinski definition) is 0. The molecule has 1 atom stereocenters. The topological polar surface area (TPSA) is 36.7 Å². The van der Waals surface area contributed by atoms with Gasteiger partial charge >= 0.3 is 0 Å². The Morgan fingerprint density at radius 3 is 2.82 bits per heavy atom. The third-order valence-corrected chi connectivity index (χ3v) is 3.27. The van der Waals surface area contributed by atoms with Crippen LogP contribution in [0.3, 0.4) is 0 Å². The van der Waals surface area contributed by atoms with E-state index in [9.17, 15) is 0 Å². The molecule has 0 spiro atoms. The van der Waals surface area contributed by atoms with Crippen molar-refractivity contribution in [2.24, 2.45) is 12.0 Å². The van der Waals surface area contributed by atoms with Crippen molar-refractivity contribution in [2.45, 2.75) is 12.3 Å². The van der Waals surface area contributed by atoms with Crippen LogP contribution in [0.1, 0.15) is 17.9 Å². The summed E-state index contributed by atoms with van der Waals surface area (Å²) < 4.78 is 1.87. The Bertz CT molecular complexity index is 407. The van der Waals surface area contributed by atoms with Crippen LogP contribution in [0.5, 0.6) is 0 Å². The van der Waals surface area contributed by atoms with Crippen LogP contribution < -0.4 is 0 Å². The van der Waals surface area contributed by atoms with Gasteiger partial charge in [-0.25, -0.2) is 0 Å². The van der Waals surface area contributed by atoms with Crippen molar-refractivity contribution in [3.05, 3.63) is 18.0 Å². The number of nitrogens with zero attached hydrogens (tertiary/aromatic N) is 5. The smallest absolute Gasteiger partial charge is 0.195 e. The zero-order valence-electron chi connectivity index (χ0n) is 11.1. The van der Waals surface area contributed by atoms with E-state index in [1.54, 1.807) is 0 Å². The zero-order valence-corrected chi connectivity index (χ0v) is 11.1. The molecule has 1 aromatic rings. The van der Waals surface area contributed by atoms with Crippen molar-refractivity contribution >= 4 is 5.96 Å². The second kappa shape index (κ2) is 4.77. The maximum Gasteiger partial charge on any atom is 0.195 e. The van der Waals surface area contributed by atoms with Crippen molar-refractivity contribution in [1.82, 2.24) is 19.6 Å². The molecule has 2 rings (SSSR count). The van der Waals surface area contributed by atoms with Gasteiger partial charge in [-0.3, -0.25) is 9.67 Å². The average molecular weight is 235 g/mol. The molecule has 0 aliphatic carbocycles. The van der Waals surface area contributed by atoms with Crippen LogP contribution in [-0.2, 0) is 7.05 Å². The fourth-order valence-electron chi connectivity index (χ4n) is 2.49. The molecule has 1 aromatic heterocycles. The van der Waals surface area contributed by atoms with Crippen LogP contribution in [0, 0.1) is 0 Å². The minimum absolute atomic E-state index is 0.584. The highest BCUT2D eigenvalue weighted by Gasteiger charge is 2.27. The van der Waals surface area contributed by atoms with Gasteiger partial charge in [0.25, 0.3) is 0 Å². The first-order valence-electron chi connectivity index (χ1n) is 5.99. The molecular weight excluding hydrogens is 214 g/mol. The summed E-state index contributed by atoms with van der Waals surface area (Å²) in [5.41, 5.74) is 1.34. The molecule has 1 saturated heterocycles. The molecule has 1 aliphatic heterocycles. The Hall–Kier alpha value is -1.52. The second-order valence-corrected chi connectivity index (χ2v) is 4.80. The molecule has 0 N–H and O–H groups in total. The molecule has 2 heterocycles. The van der Waals surface area contributed by atoms with E-state index in [0.29, 0.717) is 5.92 Å². The highest BCUT2D eigenvalue weighted by molar-refractivity contribution is 5.79. The monoisotopic (exact) mass is 235 g/mol. The van der Waals surface area contributed by atoms with E-state index < -0.39 is 0 Å². The molecule has 0 aromatic carbocycles. The molecule has 5 nitrogen and oxygen atoms in total. The van der Waals surface area contributed by atoms with Gasteiger partial charge in [0.15, 0.2) is 5.96 Å². The van der Waals surface area contributed by atoms with E-state index in [1.807, 2.05) is 39.1 Å². The highest BCUT2D eigenvalue weighted by atomic mass is 15.4. The molecule has 5 heteroatoms. The van der Waals surface area contributed by atoms with Gasteiger partial charge < -0.3 is 9.80 Å². The molecule has 17 heavy (non-hydrogen) atoms. The van der Waals surface area contributed by atoms with Crippen molar-refractivity contribution in [1.29, 1.82) is 0 Å². The zero-order chi connectivity index (χ0) is 12.4. The molecule has 94 valence electrons. The lowest BCUT2D eigenvalue weighted by molar-refractivity contribution is 0.425. The van der Waals surface area contributed by atoms with Gasteiger partial charge in [0.2, 0.25) is 0 Å². The number of aromatic nitrogens is 2. The normalized spacial score (nSPS) is 21.1. The first-order valence-corrected chi connectivity index (χ1v) is 5.99. The van der Waals surface area contributed by atoms with Crippen LogP contribution in [0.25, 0.3) is 0 Å². The molecule has 0 saturated carbocycles. The maximum absolute atomic E-state index is 4.35. The summed E-state index contributed by atoms with van der Waals surface area (Å²) in [6.07, 6.45) is 5.28. The summed E-state index contributed by atoms with van der Waals surface area (Å²) in [7, 11) is 7.90. The summed E-state index contributed by atoms with van der Waals surface area (Å²) in [6.45, 7) is 2.11. The van der Waals surface area contributed by atoms with Gasteiger partial charge in [-0.2, -0.15) is 5.10 Å². The van der Waals surface area contributed by atoms with Crippen molar-refractivity contribution < 1.29 is 0 Å². The van der Waals surface area contributed by atoms with Crippen LogP contribution in [-0.4, -0.2) is 59.8 Å². The summed E-state index contributed by atoms with van der Waals surface area (Å²) in [4.78, 5) is 8.77. The van der Waals surface area contributed by atoms with E-state index >= 15 is 0 Å². The molecular formula is C12H21N5. The molecule has 0 bridgehead atoms. The Labute approximate surface area is 103 Å². The third kappa shape index (κ3) is 2.43. The van der Waals surface area contributed by atoms with Gasteiger partial charge in [0.05, 0.1) is 6.20 Å². The highest BCUT2D eigenvalue weighted by Crippen LogP contribution is 2.27. The van der Waals surface area contributed by atoms with Gasteiger partial charge in [-0.05, 0) is 12.0 Å². The van der Waals surface area contributed by atoms with Crippen LogP contribution >= 0.6 is 0 Å². The van der Waals surface area contributed by atoms with Crippen molar-refractivity contribution in [3.8, 4) is 0 Å². The Morgan fingerprint density at radius 2 is 2.29 bits per heavy atom. The standard InChI is InChI=1S/C12H21N5/c1-13-12(15(2)3)17-6-5-10(9-17)11-7-14-16(4)8-11/h7-8,10H,5-6,9H2,1-4H3. The van der Waals surface area contributed by atoms with E-state index in [1.165, 1.54) is 12.0 Å². The van der Waals surface area contributed by atoms with Gasteiger partial charge in [-0.15, -0.1) is 0 Å². The Kier molecular flexibility index (Phi) is 3.36. The van der Waals surface area contributed by atoms with E-state index in [2.05, 4.69) is 26.1 Å². The average Bonchev–Trinajstić information content (AvgIpc) is 2.87. The molecule has 1 unspecified atom stereocenters. The fraction of sp³-hybridized carbons (Fsp3) is 0.667. The molecule has 1 fully saturated rings. The quantitative estimate of drug-likeness (QED) is 0.532. The number of guanidine groups is 1. The van der Waals surface area contributed by atoms with E-state index in [-0.39, 0.29) is 0 Å². The lowest BCUT2D eigenvalue weighted by Gasteiger charge is -2.25. The lowest BCUT2D eigenvalue weighted by atomic mass is 10.0. The summed E-state index contributed by atoms with van der Waals surface area (Å²) in [5.74, 6) is 1.65. The molecule has 0 amide bonds. The number of rotatable bonds is 1. The Balaban J connectivity index is 2.05. The van der Waals surface area contributed by atoms with Crippen LogP contribution in [0.15, 0.2) is 17.4 Å². The molecule has 1 aliphatic rings. The molecule has 0 radical (unpaired) electrons. The number of hydrogen-bond acceptors (Lipinski definition) is 2. The van der Waals surface area contributed by atoms with E-state index in [4.69, 9.17) is 0 Å². The first-order chi connectivity index (χ1) is 8.11. The predicted octanol–water partition coefficient (Wildman–Crippen LogP) is 0.757. The van der Waals surface area contributed by atoms with E-state index in [0.717, 1.165) is 19.0 Å². The third-order valence-electron chi connectivity index (χ3n) is 3.27. The lowest BCUT2D eigenvalue weighted by Crippen LogP contribution is -2.39. The minimum atomic E-state index is 0.584. The number of aryl methyl sites for hydroxylation is 1. The predicted molar refractivity (Wildman–Crippen MR) is 69.2 cm³/mol. The van der Waals surface area contributed by atoms with Crippen LogP contribution in [0.2, 0.25) is 0 Å². The fourth-order valence-corrected chi connectivity index (χ4v) is 2.49. The second-order valence-electron chi connectivity index (χ2n) is 4.80. The largest absolute Gasteiger partial charge is 0.349 e.